The number of amides is 2. The second-order valence-corrected chi connectivity index (χ2v) is 5.98. The summed E-state index contributed by atoms with van der Waals surface area (Å²) in [5.74, 6) is -0.660. The Morgan fingerprint density at radius 1 is 1.24 bits per heavy atom. The highest BCUT2D eigenvalue weighted by molar-refractivity contribution is 5.99. The summed E-state index contributed by atoms with van der Waals surface area (Å²) >= 11 is 0. The fourth-order valence-corrected chi connectivity index (χ4v) is 2.83. The average molecular weight is 342 g/mol. The summed E-state index contributed by atoms with van der Waals surface area (Å²) in [5, 5.41) is 12.7. The lowest BCUT2D eigenvalue weighted by Gasteiger charge is -2.17. The number of benzene rings is 2. The molecule has 0 bridgehead atoms. The third kappa shape index (κ3) is 4.03. The molecular formula is C19H19FN2O3. The van der Waals surface area contributed by atoms with E-state index in [0.717, 1.165) is 6.42 Å². The Morgan fingerprint density at radius 3 is 2.68 bits per heavy atom. The molecule has 1 heterocycles. The molecule has 2 aromatic carbocycles. The quantitative estimate of drug-likeness (QED) is 0.877. The first-order valence-corrected chi connectivity index (χ1v) is 8.17. The SMILES string of the molecule is O=C(NCC(O)c1ccc(F)cc1)c1cccc(N2CCCC2=O)c1. The van der Waals surface area contributed by atoms with Crippen molar-refractivity contribution in [2.75, 3.05) is 18.0 Å². The maximum atomic E-state index is 12.9. The van der Waals surface area contributed by atoms with Crippen molar-refractivity contribution in [3.05, 3.63) is 65.5 Å². The van der Waals surface area contributed by atoms with E-state index in [9.17, 15) is 19.1 Å². The Morgan fingerprint density at radius 2 is 2.00 bits per heavy atom. The van der Waals surface area contributed by atoms with Crippen LogP contribution in [-0.4, -0.2) is 30.0 Å². The molecule has 2 aromatic rings. The van der Waals surface area contributed by atoms with Gasteiger partial charge in [-0.1, -0.05) is 18.2 Å². The van der Waals surface area contributed by atoms with E-state index < -0.39 is 6.10 Å². The summed E-state index contributed by atoms with van der Waals surface area (Å²) in [6, 6.07) is 12.3. The molecule has 130 valence electrons. The molecule has 1 aliphatic heterocycles. The van der Waals surface area contributed by atoms with Crippen LogP contribution in [0.25, 0.3) is 0 Å². The van der Waals surface area contributed by atoms with Crippen LogP contribution in [0.5, 0.6) is 0 Å². The van der Waals surface area contributed by atoms with Gasteiger partial charge in [-0.2, -0.15) is 0 Å². The molecule has 0 aliphatic carbocycles. The molecule has 5 nitrogen and oxygen atoms in total. The first kappa shape index (κ1) is 17.1. The van der Waals surface area contributed by atoms with Crippen molar-refractivity contribution >= 4 is 17.5 Å². The van der Waals surface area contributed by atoms with Crippen LogP contribution in [0.4, 0.5) is 10.1 Å². The van der Waals surface area contributed by atoms with E-state index in [4.69, 9.17) is 0 Å². The molecule has 1 fully saturated rings. The van der Waals surface area contributed by atoms with Crippen molar-refractivity contribution in [2.24, 2.45) is 0 Å². The van der Waals surface area contributed by atoms with Crippen LogP contribution in [0.3, 0.4) is 0 Å². The van der Waals surface area contributed by atoms with Crippen LogP contribution in [0, 0.1) is 5.82 Å². The molecule has 2 amide bonds. The highest BCUT2D eigenvalue weighted by Crippen LogP contribution is 2.22. The number of halogens is 1. The third-order valence-corrected chi connectivity index (χ3v) is 4.20. The normalized spacial score (nSPS) is 15.3. The number of nitrogens with zero attached hydrogens (tertiary/aromatic N) is 1. The maximum Gasteiger partial charge on any atom is 0.251 e. The Labute approximate surface area is 145 Å². The Hall–Kier alpha value is -2.73. The molecular weight excluding hydrogens is 323 g/mol. The zero-order valence-electron chi connectivity index (χ0n) is 13.6. The number of aliphatic hydroxyl groups is 1. The summed E-state index contributed by atoms with van der Waals surface area (Å²) < 4.78 is 12.9. The molecule has 25 heavy (non-hydrogen) atoms. The van der Waals surface area contributed by atoms with Crippen LogP contribution in [0.1, 0.15) is 34.9 Å². The molecule has 2 N–H and O–H groups in total. The van der Waals surface area contributed by atoms with Crippen LogP contribution in [0.15, 0.2) is 48.5 Å². The summed E-state index contributed by atoms with van der Waals surface area (Å²) in [6.45, 7) is 0.671. The monoisotopic (exact) mass is 342 g/mol. The third-order valence-electron chi connectivity index (χ3n) is 4.20. The predicted octanol–water partition coefficient (Wildman–Crippen LogP) is 2.42. The van der Waals surface area contributed by atoms with E-state index >= 15 is 0 Å². The molecule has 0 spiro atoms. The minimum atomic E-state index is -0.923. The van der Waals surface area contributed by atoms with Gasteiger partial charge in [0.05, 0.1) is 6.10 Å². The lowest BCUT2D eigenvalue weighted by molar-refractivity contribution is -0.117. The smallest absolute Gasteiger partial charge is 0.251 e. The topological polar surface area (TPSA) is 69.6 Å². The molecule has 3 rings (SSSR count). The van der Waals surface area contributed by atoms with Gasteiger partial charge in [-0.05, 0) is 42.3 Å². The van der Waals surface area contributed by atoms with Gasteiger partial charge >= 0.3 is 0 Å². The summed E-state index contributed by atoms with van der Waals surface area (Å²) in [6.07, 6.45) is 0.423. The lowest BCUT2D eigenvalue weighted by atomic mass is 10.1. The van der Waals surface area contributed by atoms with Gasteiger partial charge in [0.1, 0.15) is 5.82 Å². The van der Waals surface area contributed by atoms with E-state index in [1.165, 1.54) is 24.3 Å². The predicted molar refractivity (Wildman–Crippen MR) is 91.7 cm³/mol. The van der Waals surface area contributed by atoms with Crippen LogP contribution < -0.4 is 10.2 Å². The van der Waals surface area contributed by atoms with Gasteiger partial charge < -0.3 is 15.3 Å². The summed E-state index contributed by atoms with van der Waals surface area (Å²) in [4.78, 5) is 25.8. The zero-order valence-corrected chi connectivity index (χ0v) is 13.6. The fourth-order valence-electron chi connectivity index (χ4n) is 2.83. The van der Waals surface area contributed by atoms with E-state index in [1.54, 1.807) is 29.2 Å². The molecule has 1 saturated heterocycles. The Balaban J connectivity index is 1.63. The average Bonchev–Trinajstić information content (AvgIpc) is 3.06. The highest BCUT2D eigenvalue weighted by Gasteiger charge is 2.22. The van der Waals surface area contributed by atoms with Gasteiger partial charge in [-0.15, -0.1) is 0 Å². The zero-order chi connectivity index (χ0) is 17.8. The largest absolute Gasteiger partial charge is 0.387 e. The maximum absolute atomic E-state index is 12.9. The van der Waals surface area contributed by atoms with E-state index in [0.29, 0.717) is 29.8 Å². The molecule has 1 aliphatic rings. The lowest BCUT2D eigenvalue weighted by Crippen LogP contribution is -2.29. The number of rotatable bonds is 5. The van der Waals surface area contributed by atoms with Crippen LogP contribution >= 0.6 is 0 Å². The van der Waals surface area contributed by atoms with Crippen molar-refractivity contribution < 1.29 is 19.1 Å². The highest BCUT2D eigenvalue weighted by atomic mass is 19.1. The second kappa shape index (κ2) is 7.44. The van der Waals surface area contributed by atoms with Gasteiger partial charge in [0.2, 0.25) is 5.91 Å². The number of aliphatic hydroxyl groups excluding tert-OH is 1. The van der Waals surface area contributed by atoms with Gasteiger partial charge in [0.25, 0.3) is 5.91 Å². The van der Waals surface area contributed by atoms with E-state index in [-0.39, 0.29) is 24.2 Å². The van der Waals surface area contributed by atoms with Gasteiger partial charge in [-0.25, -0.2) is 4.39 Å². The number of nitrogens with one attached hydrogen (secondary N) is 1. The summed E-state index contributed by atoms with van der Waals surface area (Å²) in [7, 11) is 0. The van der Waals surface area contributed by atoms with Gasteiger partial charge in [0.15, 0.2) is 0 Å². The second-order valence-electron chi connectivity index (χ2n) is 5.98. The standard InChI is InChI=1S/C19H19FN2O3/c20-15-8-6-13(7-9-15)17(23)12-21-19(25)14-3-1-4-16(11-14)22-10-2-5-18(22)24/h1,3-4,6-9,11,17,23H,2,5,10,12H2,(H,21,25). The number of anilines is 1. The number of hydrogen-bond acceptors (Lipinski definition) is 3. The summed E-state index contributed by atoms with van der Waals surface area (Å²) in [5.41, 5.74) is 1.65. The first-order chi connectivity index (χ1) is 12.0. The molecule has 1 atom stereocenters. The fraction of sp³-hybridized carbons (Fsp3) is 0.263. The molecule has 0 saturated carbocycles. The Kier molecular flexibility index (Phi) is 5.09. The molecule has 0 radical (unpaired) electrons. The number of carbonyl (C=O) groups excluding carboxylic acids is 2. The minimum absolute atomic E-state index is 0.0112. The van der Waals surface area contributed by atoms with Gasteiger partial charge in [0, 0.05) is 30.8 Å². The van der Waals surface area contributed by atoms with Crippen molar-refractivity contribution in [1.29, 1.82) is 0 Å². The first-order valence-electron chi connectivity index (χ1n) is 8.17. The number of carbonyl (C=O) groups is 2. The molecule has 6 heteroatoms. The minimum Gasteiger partial charge on any atom is -0.387 e. The van der Waals surface area contributed by atoms with Crippen LogP contribution in [-0.2, 0) is 4.79 Å². The molecule has 1 unspecified atom stereocenters. The van der Waals surface area contributed by atoms with E-state index in [1.807, 2.05) is 0 Å². The van der Waals surface area contributed by atoms with Crippen molar-refractivity contribution in [2.45, 2.75) is 18.9 Å². The van der Waals surface area contributed by atoms with Crippen molar-refractivity contribution in [3.8, 4) is 0 Å². The van der Waals surface area contributed by atoms with E-state index in [2.05, 4.69) is 5.32 Å². The van der Waals surface area contributed by atoms with Crippen molar-refractivity contribution in [1.82, 2.24) is 5.32 Å². The number of hydrogen-bond donors (Lipinski definition) is 2. The van der Waals surface area contributed by atoms with Crippen molar-refractivity contribution in [3.63, 3.8) is 0 Å². The van der Waals surface area contributed by atoms with Crippen LogP contribution in [0.2, 0.25) is 0 Å². The van der Waals surface area contributed by atoms with Gasteiger partial charge in [-0.3, -0.25) is 9.59 Å². The molecule has 0 aromatic heterocycles. The Bertz CT molecular complexity index is 776.